The zero-order chi connectivity index (χ0) is 15.8. The van der Waals surface area contributed by atoms with Gasteiger partial charge in [-0.15, -0.1) is 11.8 Å². The lowest BCUT2D eigenvalue weighted by Gasteiger charge is -2.11. The molecule has 3 heteroatoms. The second-order valence-electron chi connectivity index (χ2n) is 5.71. The second-order valence-corrected chi connectivity index (χ2v) is 6.73. The summed E-state index contributed by atoms with van der Waals surface area (Å²) in [5, 5.41) is 3.02. The molecule has 0 unspecified atom stereocenters. The molecule has 22 heavy (non-hydrogen) atoms. The van der Waals surface area contributed by atoms with E-state index in [1.54, 1.807) is 11.8 Å². The number of thioether (sulfide) groups is 1. The van der Waals surface area contributed by atoms with Gasteiger partial charge in [0.1, 0.15) is 0 Å². The topological polar surface area (TPSA) is 29.1 Å². The van der Waals surface area contributed by atoms with Crippen molar-refractivity contribution in [2.75, 3.05) is 6.54 Å². The lowest BCUT2D eigenvalue weighted by molar-refractivity contribution is 0.0949. The standard InChI is InChI=1S/C19H23NOS/c1-15(2)12-13-20-19(21)17-10-6-7-11-18(17)22-14-16-8-4-3-5-9-16/h3-11,15H,12-14H2,1-2H3,(H,20,21). The smallest absolute Gasteiger partial charge is 0.252 e. The van der Waals surface area contributed by atoms with Crippen LogP contribution in [-0.2, 0) is 5.75 Å². The Morgan fingerprint density at radius 1 is 1.05 bits per heavy atom. The van der Waals surface area contributed by atoms with Crippen LogP contribution >= 0.6 is 11.8 Å². The van der Waals surface area contributed by atoms with Crippen molar-refractivity contribution >= 4 is 17.7 Å². The van der Waals surface area contributed by atoms with Gasteiger partial charge in [0.2, 0.25) is 0 Å². The van der Waals surface area contributed by atoms with Crippen LogP contribution in [0.3, 0.4) is 0 Å². The Kier molecular flexibility index (Phi) is 6.53. The molecule has 0 aliphatic rings. The molecule has 0 fully saturated rings. The third-order valence-electron chi connectivity index (χ3n) is 3.38. The van der Waals surface area contributed by atoms with Crippen LogP contribution in [0.1, 0.15) is 36.2 Å². The molecule has 0 bridgehead atoms. The van der Waals surface area contributed by atoms with Gasteiger partial charge in [-0.3, -0.25) is 4.79 Å². The van der Waals surface area contributed by atoms with Crippen molar-refractivity contribution in [2.24, 2.45) is 5.92 Å². The summed E-state index contributed by atoms with van der Waals surface area (Å²) in [6.07, 6.45) is 1.01. The Morgan fingerprint density at radius 2 is 1.73 bits per heavy atom. The van der Waals surface area contributed by atoms with Crippen LogP contribution in [0.15, 0.2) is 59.5 Å². The van der Waals surface area contributed by atoms with E-state index in [2.05, 4.69) is 31.3 Å². The predicted molar refractivity (Wildman–Crippen MR) is 94.2 cm³/mol. The fourth-order valence-corrected chi connectivity index (χ4v) is 3.09. The quantitative estimate of drug-likeness (QED) is 0.747. The number of benzene rings is 2. The molecule has 0 atom stereocenters. The van der Waals surface area contributed by atoms with Crippen LogP contribution < -0.4 is 5.32 Å². The van der Waals surface area contributed by atoms with Gasteiger partial charge < -0.3 is 5.32 Å². The average molecular weight is 313 g/mol. The summed E-state index contributed by atoms with van der Waals surface area (Å²) in [5.41, 5.74) is 2.04. The van der Waals surface area contributed by atoms with Crippen molar-refractivity contribution < 1.29 is 4.79 Å². The molecule has 0 aliphatic carbocycles. The molecular formula is C19H23NOS. The maximum Gasteiger partial charge on any atom is 0.252 e. The molecule has 0 saturated heterocycles. The van der Waals surface area contributed by atoms with E-state index in [9.17, 15) is 4.79 Å². The van der Waals surface area contributed by atoms with Gasteiger partial charge in [-0.25, -0.2) is 0 Å². The van der Waals surface area contributed by atoms with Crippen LogP contribution in [0, 0.1) is 5.92 Å². The first-order chi connectivity index (χ1) is 10.7. The SMILES string of the molecule is CC(C)CCNC(=O)c1ccccc1SCc1ccccc1. The molecule has 0 aromatic heterocycles. The van der Waals surface area contributed by atoms with E-state index in [-0.39, 0.29) is 5.91 Å². The Balaban J connectivity index is 1.98. The Hall–Kier alpha value is -1.74. The molecule has 2 nitrogen and oxygen atoms in total. The van der Waals surface area contributed by atoms with Gasteiger partial charge in [0.05, 0.1) is 5.56 Å². The van der Waals surface area contributed by atoms with Crippen molar-refractivity contribution in [3.05, 3.63) is 65.7 Å². The minimum atomic E-state index is 0.0248. The van der Waals surface area contributed by atoms with E-state index in [4.69, 9.17) is 0 Å². The van der Waals surface area contributed by atoms with Gasteiger partial charge in [-0.05, 0) is 30.0 Å². The molecular weight excluding hydrogens is 290 g/mol. The van der Waals surface area contributed by atoms with Crippen molar-refractivity contribution in [1.82, 2.24) is 5.32 Å². The van der Waals surface area contributed by atoms with E-state index in [0.717, 1.165) is 29.2 Å². The molecule has 0 saturated carbocycles. The molecule has 0 aliphatic heterocycles. The third kappa shape index (κ3) is 5.23. The highest BCUT2D eigenvalue weighted by atomic mass is 32.2. The number of nitrogens with one attached hydrogen (secondary N) is 1. The van der Waals surface area contributed by atoms with Crippen LogP contribution in [0.25, 0.3) is 0 Å². The molecule has 2 aromatic rings. The van der Waals surface area contributed by atoms with Gasteiger partial charge >= 0.3 is 0 Å². The summed E-state index contributed by atoms with van der Waals surface area (Å²) >= 11 is 1.71. The van der Waals surface area contributed by atoms with Gasteiger partial charge in [0, 0.05) is 17.2 Å². The van der Waals surface area contributed by atoms with Gasteiger partial charge in [-0.2, -0.15) is 0 Å². The van der Waals surface area contributed by atoms with E-state index >= 15 is 0 Å². The average Bonchev–Trinajstić information content (AvgIpc) is 2.54. The van der Waals surface area contributed by atoms with Crippen molar-refractivity contribution in [3.63, 3.8) is 0 Å². The molecule has 0 radical (unpaired) electrons. The maximum absolute atomic E-state index is 12.3. The molecule has 116 valence electrons. The van der Waals surface area contributed by atoms with E-state index in [1.807, 2.05) is 42.5 Å². The molecule has 0 spiro atoms. The van der Waals surface area contributed by atoms with Crippen LogP contribution in [-0.4, -0.2) is 12.5 Å². The number of hydrogen-bond donors (Lipinski definition) is 1. The number of carbonyl (C=O) groups excluding carboxylic acids is 1. The molecule has 1 N–H and O–H groups in total. The van der Waals surface area contributed by atoms with Crippen LogP contribution in [0.5, 0.6) is 0 Å². The zero-order valence-corrected chi connectivity index (χ0v) is 14.0. The fraction of sp³-hybridized carbons (Fsp3) is 0.316. The molecule has 2 rings (SSSR count). The van der Waals surface area contributed by atoms with Crippen molar-refractivity contribution in [2.45, 2.75) is 30.9 Å². The van der Waals surface area contributed by atoms with E-state index in [0.29, 0.717) is 5.92 Å². The number of amides is 1. The van der Waals surface area contributed by atoms with Crippen LogP contribution in [0.2, 0.25) is 0 Å². The first-order valence-electron chi connectivity index (χ1n) is 7.71. The Bertz CT molecular complexity index is 595. The Morgan fingerprint density at radius 3 is 2.45 bits per heavy atom. The number of hydrogen-bond acceptors (Lipinski definition) is 2. The maximum atomic E-state index is 12.3. The summed E-state index contributed by atoms with van der Waals surface area (Å²) in [6, 6.07) is 18.1. The first kappa shape index (κ1) is 16.6. The summed E-state index contributed by atoms with van der Waals surface area (Å²) < 4.78 is 0. The molecule has 1 amide bonds. The molecule has 2 aromatic carbocycles. The third-order valence-corrected chi connectivity index (χ3v) is 4.52. The van der Waals surface area contributed by atoms with Crippen LogP contribution in [0.4, 0.5) is 0 Å². The minimum absolute atomic E-state index is 0.0248. The summed E-state index contributed by atoms with van der Waals surface area (Å²) in [4.78, 5) is 13.4. The monoisotopic (exact) mass is 313 g/mol. The highest BCUT2D eigenvalue weighted by Gasteiger charge is 2.11. The summed E-state index contributed by atoms with van der Waals surface area (Å²) in [6.45, 7) is 5.06. The van der Waals surface area contributed by atoms with Crippen molar-refractivity contribution in [3.8, 4) is 0 Å². The zero-order valence-electron chi connectivity index (χ0n) is 13.2. The number of rotatable bonds is 7. The van der Waals surface area contributed by atoms with E-state index < -0.39 is 0 Å². The predicted octanol–water partition coefficient (Wildman–Crippen LogP) is 4.75. The first-order valence-corrected chi connectivity index (χ1v) is 8.69. The fourth-order valence-electron chi connectivity index (χ4n) is 2.09. The van der Waals surface area contributed by atoms with E-state index in [1.165, 1.54) is 5.56 Å². The van der Waals surface area contributed by atoms with Crippen molar-refractivity contribution in [1.29, 1.82) is 0 Å². The lowest BCUT2D eigenvalue weighted by Crippen LogP contribution is -2.25. The highest BCUT2D eigenvalue weighted by molar-refractivity contribution is 7.98. The summed E-state index contributed by atoms with van der Waals surface area (Å²) in [5.74, 6) is 1.50. The second kappa shape index (κ2) is 8.64. The molecule has 0 heterocycles. The normalized spacial score (nSPS) is 10.7. The lowest BCUT2D eigenvalue weighted by atomic mass is 10.1. The summed E-state index contributed by atoms with van der Waals surface area (Å²) in [7, 11) is 0. The van der Waals surface area contributed by atoms with Gasteiger partial charge in [-0.1, -0.05) is 56.3 Å². The van der Waals surface area contributed by atoms with Gasteiger partial charge in [0.15, 0.2) is 0 Å². The van der Waals surface area contributed by atoms with Gasteiger partial charge in [0.25, 0.3) is 5.91 Å². The number of carbonyl (C=O) groups is 1. The minimum Gasteiger partial charge on any atom is -0.352 e. The largest absolute Gasteiger partial charge is 0.352 e. The Labute approximate surface area is 137 Å². The highest BCUT2D eigenvalue weighted by Crippen LogP contribution is 2.26.